The summed E-state index contributed by atoms with van der Waals surface area (Å²) in [4.78, 5) is 0. The first-order valence-electron chi connectivity index (χ1n) is 5.77. The molecule has 1 fully saturated rings. The number of hydrogen-bond acceptors (Lipinski definition) is 4. The zero-order chi connectivity index (χ0) is 12.1. The molecule has 1 aliphatic rings. The monoisotopic (exact) mass is 237 g/mol. The zero-order valence-corrected chi connectivity index (χ0v) is 10.4. The molecule has 0 saturated carbocycles. The van der Waals surface area contributed by atoms with E-state index in [0.29, 0.717) is 13.2 Å². The number of hydrogen-bond donors (Lipinski definition) is 1. The lowest BCUT2D eigenvalue weighted by Crippen LogP contribution is -2.54. The van der Waals surface area contributed by atoms with E-state index in [-0.39, 0.29) is 5.54 Å². The van der Waals surface area contributed by atoms with Crippen molar-refractivity contribution in [3.05, 3.63) is 29.8 Å². The van der Waals surface area contributed by atoms with Gasteiger partial charge in [-0.1, -0.05) is 12.1 Å². The Hall–Kier alpha value is -1.10. The first kappa shape index (κ1) is 12.4. The van der Waals surface area contributed by atoms with Crippen molar-refractivity contribution in [1.82, 2.24) is 5.32 Å². The van der Waals surface area contributed by atoms with Crippen LogP contribution in [0.5, 0.6) is 5.75 Å². The molecule has 0 aliphatic carbocycles. The fraction of sp³-hybridized carbons (Fsp3) is 0.538. The fourth-order valence-corrected chi connectivity index (χ4v) is 2.19. The van der Waals surface area contributed by atoms with Crippen molar-refractivity contribution in [3.8, 4) is 5.75 Å². The third-order valence-corrected chi connectivity index (χ3v) is 3.07. The Morgan fingerprint density at radius 2 is 2.29 bits per heavy atom. The van der Waals surface area contributed by atoms with Crippen LogP contribution in [0, 0.1) is 0 Å². The van der Waals surface area contributed by atoms with Crippen LogP contribution >= 0.6 is 0 Å². The van der Waals surface area contributed by atoms with E-state index in [1.165, 1.54) is 0 Å². The minimum atomic E-state index is -0.262. The highest BCUT2D eigenvalue weighted by Gasteiger charge is 2.34. The topological polar surface area (TPSA) is 39.7 Å². The van der Waals surface area contributed by atoms with Gasteiger partial charge in [-0.15, -0.1) is 0 Å². The fourth-order valence-electron chi connectivity index (χ4n) is 2.19. The average molecular weight is 237 g/mol. The highest BCUT2D eigenvalue weighted by atomic mass is 16.5. The molecule has 1 heterocycles. The molecule has 0 amide bonds. The van der Waals surface area contributed by atoms with Crippen LogP contribution in [-0.2, 0) is 15.0 Å². The lowest BCUT2D eigenvalue weighted by molar-refractivity contribution is -0.0148. The van der Waals surface area contributed by atoms with Gasteiger partial charge in [-0.2, -0.15) is 0 Å². The average Bonchev–Trinajstić information content (AvgIpc) is 2.40. The smallest absolute Gasteiger partial charge is 0.119 e. The van der Waals surface area contributed by atoms with Gasteiger partial charge >= 0.3 is 0 Å². The maximum absolute atomic E-state index is 5.58. The molecule has 0 bridgehead atoms. The molecule has 2 rings (SSSR count). The Morgan fingerprint density at radius 3 is 2.94 bits per heavy atom. The number of morpholine rings is 1. The number of benzene rings is 1. The highest BCUT2D eigenvalue weighted by Crippen LogP contribution is 2.27. The SMILES string of the molecule is COCC1(c2cccc(OC)c2)COCCN1. The van der Waals surface area contributed by atoms with Gasteiger partial charge in [0.05, 0.1) is 32.5 Å². The molecule has 4 nitrogen and oxygen atoms in total. The van der Waals surface area contributed by atoms with Gasteiger partial charge < -0.3 is 19.5 Å². The van der Waals surface area contributed by atoms with Crippen molar-refractivity contribution in [2.75, 3.05) is 40.6 Å². The summed E-state index contributed by atoms with van der Waals surface area (Å²) in [6.07, 6.45) is 0. The van der Waals surface area contributed by atoms with Gasteiger partial charge in [0.15, 0.2) is 0 Å². The van der Waals surface area contributed by atoms with Crippen molar-refractivity contribution < 1.29 is 14.2 Å². The number of nitrogens with one attached hydrogen (secondary N) is 1. The summed E-state index contributed by atoms with van der Waals surface area (Å²) >= 11 is 0. The molecule has 0 radical (unpaired) electrons. The van der Waals surface area contributed by atoms with Crippen LogP contribution in [0.25, 0.3) is 0 Å². The van der Waals surface area contributed by atoms with Gasteiger partial charge in [-0.3, -0.25) is 0 Å². The van der Waals surface area contributed by atoms with Crippen molar-refractivity contribution >= 4 is 0 Å². The molecule has 94 valence electrons. The maximum Gasteiger partial charge on any atom is 0.119 e. The highest BCUT2D eigenvalue weighted by molar-refractivity contribution is 5.34. The van der Waals surface area contributed by atoms with E-state index < -0.39 is 0 Å². The molecule has 4 heteroatoms. The third-order valence-electron chi connectivity index (χ3n) is 3.07. The van der Waals surface area contributed by atoms with E-state index in [1.54, 1.807) is 14.2 Å². The van der Waals surface area contributed by atoms with Gasteiger partial charge in [0.2, 0.25) is 0 Å². The Kier molecular flexibility index (Phi) is 3.99. The van der Waals surface area contributed by atoms with Gasteiger partial charge in [0.25, 0.3) is 0 Å². The predicted molar refractivity (Wildman–Crippen MR) is 65.4 cm³/mol. The van der Waals surface area contributed by atoms with Crippen LogP contribution < -0.4 is 10.1 Å². The van der Waals surface area contributed by atoms with E-state index in [1.807, 2.05) is 18.2 Å². The summed E-state index contributed by atoms with van der Waals surface area (Å²) in [6, 6.07) is 8.03. The second kappa shape index (κ2) is 5.49. The second-order valence-corrected chi connectivity index (χ2v) is 4.23. The van der Waals surface area contributed by atoms with Crippen LogP contribution in [0.1, 0.15) is 5.56 Å². The van der Waals surface area contributed by atoms with Gasteiger partial charge in [0, 0.05) is 13.7 Å². The Morgan fingerprint density at radius 1 is 1.41 bits per heavy atom. The number of methoxy groups -OCH3 is 2. The molecule has 1 N–H and O–H groups in total. The molecule has 1 aliphatic heterocycles. The van der Waals surface area contributed by atoms with Crippen LogP contribution in [0.15, 0.2) is 24.3 Å². The van der Waals surface area contributed by atoms with Gasteiger partial charge in [-0.05, 0) is 17.7 Å². The van der Waals surface area contributed by atoms with Crippen molar-refractivity contribution in [1.29, 1.82) is 0 Å². The lowest BCUT2D eigenvalue weighted by atomic mass is 9.90. The summed E-state index contributed by atoms with van der Waals surface area (Å²) < 4.78 is 16.2. The first-order chi connectivity index (χ1) is 8.30. The first-order valence-corrected chi connectivity index (χ1v) is 5.77. The molecule has 1 aromatic rings. The molecule has 1 atom stereocenters. The van der Waals surface area contributed by atoms with Crippen LogP contribution in [0.2, 0.25) is 0 Å². The quantitative estimate of drug-likeness (QED) is 0.853. The molecule has 1 aromatic carbocycles. The Labute approximate surface area is 102 Å². The Bertz CT molecular complexity index is 356. The minimum Gasteiger partial charge on any atom is -0.497 e. The van der Waals surface area contributed by atoms with Crippen LogP contribution in [0.3, 0.4) is 0 Å². The van der Waals surface area contributed by atoms with Crippen molar-refractivity contribution in [2.45, 2.75) is 5.54 Å². The minimum absolute atomic E-state index is 0.262. The standard InChI is InChI=1S/C13H19NO3/c1-15-9-13(10-17-7-6-14-13)11-4-3-5-12(8-11)16-2/h3-5,8,14H,6-7,9-10H2,1-2H3. The molecular weight excluding hydrogens is 218 g/mol. The molecule has 1 saturated heterocycles. The molecule has 17 heavy (non-hydrogen) atoms. The summed E-state index contributed by atoms with van der Waals surface area (Å²) in [5.41, 5.74) is 0.875. The molecule has 1 unspecified atom stereocenters. The lowest BCUT2D eigenvalue weighted by Gasteiger charge is -2.38. The number of ether oxygens (including phenoxy) is 3. The van der Waals surface area contributed by atoms with Gasteiger partial charge in [0.1, 0.15) is 5.75 Å². The summed E-state index contributed by atoms with van der Waals surface area (Å²) in [6.45, 7) is 2.78. The van der Waals surface area contributed by atoms with Crippen LogP contribution in [-0.4, -0.2) is 40.6 Å². The van der Waals surface area contributed by atoms with E-state index in [0.717, 1.165) is 24.5 Å². The van der Waals surface area contributed by atoms with E-state index in [2.05, 4.69) is 11.4 Å². The molecule has 0 spiro atoms. The number of rotatable bonds is 4. The largest absolute Gasteiger partial charge is 0.497 e. The molecule has 0 aromatic heterocycles. The normalized spacial score (nSPS) is 24.6. The maximum atomic E-state index is 5.58. The zero-order valence-electron chi connectivity index (χ0n) is 10.4. The van der Waals surface area contributed by atoms with E-state index >= 15 is 0 Å². The molecular formula is C13H19NO3. The summed E-state index contributed by atoms with van der Waals surface area (Å²) in [7, 11) is 3.38. The van der Waals surface area contributed by atoms with Crippen molar-refractivity contribution in [3.63, 3.8) is 0 Å². The summed E-state index contributed by atoms with van der Waals surface area (Å²) in [5.74, 6) is 0.852. The summed E-state index contributed by atoms with van der Waals surface area (Å²) in [5, 5.41) is 3.50. The third kappa shape index (κ3) is 2.60. The van der Waals surface area contributed by atoms with Crippen LogP contribution in [0.4, 0.5) is 0 Å². The second-order valence-electron chi connectivity index (χ2n) is 4.23. The van der Waals surface area contributed by atoms with Crippen molar-refractivity contribution in [2.24, 2.45) is 0 Å². The van der Waals surface area contributed by atoms with E-state index in [9.17, 15) is 0 Å². The predicted octanol–water partition coefficient (Wildman–Crippen LogP) is 1.16. The van der Waals surface area contributed by atoms with E-state index in [4.69, 9.17) is 14.2 Å². The Balaban J connectivity index is 2.30. The van der Waals surface area contributed by atoms with Gasteiger partial charge in [-0.25, -0.2) is 0 Å².